The Morgan fingerprint density at radius 1 is 0.700 bits per heavy atom. The zero-order valence-corrected chi connectivity index (χ0v) is 8.41. The monoisotopic (exact) mass is 145 g/mol. The van der Waals surface area contributed by atoms with Crippen molar-refractivity contribution in [1.82, 2.24) is 0 Å². The summed E-state index contributed by atoms with van der Waals surface area (Å²) in [6, 6.07) is 0. The molecule has 0 unspecified atom stereocenters. The lowest BCUT2D eigenvalue weighted by Crippen LogP contribution is -2.12. The van der Waals surface area contributed by atoms with Gasteiger partial charge in [-0.15, -0.1) is 0 Å². The molecule has 0 saturated carbocycles. The third-order valence-corrected chi connectivity index (χ3v) is 1.62. The van der Waals surface area contributed by atoms with Crippen molar-refractivity contribution in [3.63, 3.8) is 0 Å². The van der Waals surface area contributed by atoms with Crippen LogP contribution in [0.3, 0.4) is 0 Å². The van der Waals surface area contributed by atoms with Crippen molar-refractivity contribution in [2.45, 2.75) is 54.4 Å². The first-order valence-electron chi connectivity index (χ1n) is 4.21. The zero-order chi connectivity index (χ0) is 8.41. The maximum atomic E-state index is 2.30. The van der Waals surface area contributed by atoms with Gasteiger partial charge in [0.1, 0.15) is 0 Å². The molecule has 0 aromatic carbocycles. The van der Waals surface area contributed by atoms with Gasteiger partial charge in [0.2, 0.25) is 0 Å². The van der Waals surface area contributed by atoms with Gasteiger partial charge in [0.25, 0.3) is 0 Å². The normalized spacial score (nSPS) is 13.8. The highest BCUT2D eigenvalue weighted by atomic mass is 14.2. The van der Waals surface area contributed by atoms with E-state index in [1.54, 1.807) is 0 Å². The van der Waals surface area contributed by atoms with Crippen LogP contribution in [0.4, 0.5) is 0 Å². The minimum Gasteiger partial charge on any atom is -0.0602 e. The maximum absolute atomic E-state index is 2.30. The summed E-state index contributed by atoms with van der Waals surface area (Å²) in [6.07, 6.45) is 2.66. The Bertz CT molecular complexity index is 78.4. The number of hydrogen-bond donors (Lipinski definition) is 0. The summed E-state index contributed by atoms with van der Waals surface area (Å²) in [7, 11) is 0. The summed E-state index contributed by atoms with van der Waals surface area (Å²) in [5.74, 6) is 0. The van der Waals surface area contributed by atoms with E-state index in [1.165, 1.54) is 12.8 Å². The van der Waals surface area contributed by atoms with Crippen molar-refractivity contribution in [3.05, 3.63) is 0 Å². The lowest BCUT2D eigenvalue weighted by Gasteiger charge is -2.24. The molecule has 0 radical (unpaired) electrons. The quantitative estimate of drug-likeness (QED) is 0.521. The van der Waals surface area contributed by atoms with Crippen molar-refractivity contribution < 1.29 is 1.43 Å². The minimum atomic E-state index is 0. The Balaban J connectivity index is 0. The molecule has 0 aliphatic heterocycles. The first kappa shape index (κ1) is 10.0. The van der Waals surface area contributed by atoms with Gasteiger partial charge in [-0.3, -0.25) is 0 Å². The predicted octanol–water partition coefficient (Wildman–Crippen LogP) is 4.10. The second-order valence-electron chi connectivity index (χ2n) is 5.62. The van der Waals surface area contributed by atoms with Gasteiger partial charge in [0.05, 0.1) is 0 Å². The second kappa shape index (κ2) is 2.94. The number of rotatable bonds is 1. The van der Waals surface area contributed by atoms with E-state index in [9.17, 15) is 0 Å². The molecule has 0 heteroatoms. The molecule has 0 nitrogen and oxygen atoms in total. The Morgan fingerprint density at radius 3 is 1.00 bits per heavy atom. The fourth-order valence-corrected chi connectivity index (χ4v) is 0.750. The molecular formula is C10H24. The van der Waals surface area contributed by atoms with Crippen molar-refractivity contribution in [2.24, 2.45) is 10.8 Å². The average molecular weight is 145 g/mol. The highest BCUT2D eigenvalue weighted by Gasteiger charge is 2.16. The van der Waals surface area contributed by atoms with Crippen LogP contribution < -0.4 is 0 Å². The number of hydrogen-bond acceptors (Lipinski definition) is 0. The summed E-state index contributed by atoms with van der Waals surface area (Å²) >= 11 is 0. The molecule has 0 heterocycles. The first-order chi connectivity index (χ1) is 4.21. The van der Waals surface area contributed by atoms with Crippen LogP contribution in [0, 0.1) is 10.8 Å². The van der Waals surface area contributed by atoms with E-state index >= 15 is 0 Å². The average Bonchev–Trinajstić information content (AvgIpc) is 1.57. The van der Waals surface area contributed by atoms with E-state index in [-0.39, 0.29) is 1.43 Å². The highest BCUT2D eigenvalue weighted by Crippen LogP contribution is 2.29. The van der Waals surface area contributed by atoms with Crippen LogP contribution in [0.25, 0.3) is 0 Å². The Labute approximate surface area is 67.5 Å². The molecule has 0 saturated heterocycles. The first-order valence-corrected chi connectivity index (χ1v) is 4.21. The zero-order valence-electron chi connectivity index (χ0n) is 8.41. The minimum absolute atomic E-state index is 0. The molecule has 64 valence electrons. The third kappa shape index (κ3) is 8.00. The Morgan fingerprint density at radius 2 is 0.900 bits per heavy atom. The topological polar surface area (TPSA) is 0 Å². The van der Waals surface area contributed by atoms with E-state index in [0.717, 1.165) is 0 Å². The molecule has 0 N–H and O–H groups in total. The van der Waals surface area contributed by atoms with Crippen LogP contribution in [-0.2, 0) is 0 Å². The molecule has 0 spiro atoms. The fourth-order valence-electron chi connectivity index (χ4n) is 0.750. The van der Waals surface area contributed by atoms with Crippen molar-refractivity contribution in [1.29, 1.82) is 0 Å². The molecular weight excluding hydrogens is 120 g/mol. The van der Waals surface area contributed by atoms with Gasteiger partial charge in [-0.25, -0.2) is 0 Å². The molecule has 0 aliphatic rings. The SMILES string of the molecule is CC(C)(C)CCC(C)(C)C.[2HH]. The molecule has 0 rings (SSSR count). The van der Waals surface area contributed by atoms with Gasteiger partial charge >= 0.3 is 0 Å². The van der Waals surface area contributed by atoms with E-state index < -0.39 is 0 Å². The molecule has 0 fully saturated rings. The largest absolute Gasteiger partial charge is 0.0602 e. The summed E-state index contributed by atoms with van der Waals surface area (Å²) < 4.78 is 0. The van der Waals surface area contributed by atoms with Gasteiger partial charge in [-0.2, -0.15) is 0 Å². The van der Waals surface area contributed by atoms with Crippen molar-refractivity contribution in [2.75, 3.05) is 0 Å². The van der Waals surface area contributed by atoms with Crippen LogP contribution in [-0.4, -0.2) is 0 Å². The molecule has 0 aliphatic carbocycles. The lowest BCUT2D eigenvalue weighted by atomic mass is 9.81. The van der Waals surface area contributed by atoms with Crippen LogP contribution in [0.5, 0.6) is 0 Å². The molecule has 0 aromatic heterocycles. The van der Waals surface area contributed by atoms with E-state index in [4.69, 9.17) is 0 Å². The van der Waals surface area contributed by atoms with Gasteiger partial charge in [-0.1, -0.05) is 41.5 Å². The Kier molecular flexibility index (Phi) is 2.94. The smallest absolute Gasteiger partial charge is 0 e. The van der Waals surface area contributed by atoms with Gasteiger partial charge in [0.15, 0.2) is 0 Å². The molecule has 0 aromatic rings. The van der Waals surface area contributed by atoms with Crippen molar-refractivity contribution >= 4 is 0 Å². The van der Waals surface area contributed by atoms with E-state index in [1.807, 2.05) is 0 Å². The second-order valence-corrected chi connectivity index (χ2v) is 5.62. The molecule has 10 heavy (non-hydrogen) atoms. The molecule has 0 bridgehead atoms. The van der Waals surface area contributed by atoms with Crippen LogP contribution in [0.2, 0.25) is 0 Å². The Hall–Kier alpha value is 0. The third-order valence-electron chi connectivity index (χ3n) is 1.62. The van der Waals surface area contributed by atoms with Gasteiger partial charge in [0, 0.05) is 1.43 Å². The van der Waals surface area contributed by atoms with Crippen LogP contribution in [0.1, 0.15) is 55.8 Å². The van der Waals surface area contributed by atoms with Crippen LogP contribution in [0.15, 0.2) is 0 Å². The standard InChI is InChI=1S/C10H22.H2/c1-9(2,3)7-8-10(4,5)6;/h7-8H2,1-6H3;1H/i;1+1. The van der Waals surface area contributed by atoms with E-state index in [2.05, 4.69) is 41.5 Å². The highest BCUT2D eigenvalue weighted by molar-refractivity contribution is 4.68. The lowest BCUT2D eigenvalue weighted by molar-refractivity contribution is 0.275. The molecule has 0 atom stereocenters. The summed E-state index contributed by atoms with van der Waals surface area (Å²) in [5, 5.41) is 0. The predicted molar refractivity (Wildman–Crippen MR) is 50.3 cm³/mol. The van der Waals surface area contributed by atoms with Crippen molar-refractivity contribution in [3.8, 4) is 0 Å². The summed E-state index contributed by atoms with van der Waals surface area (Å²) in [6.45, 7) is 13.8. The summed E-state index contributed by atoms with van der Waals surface area (Å²) in [5.41, 5.74) is 1.01. The van der Waals surface area contributed by atoms with E-state index in [0.29, 0.717) is 10.8 Å². The maximum Gasteiger partial charge on any atom is 0 e. The van der Waals surface area contributed by atoms with Crippen LogP contribution >= 0.6 is 0 Å². The summed E-state index contributed by atoms with van der Waals surface area (Å²) in [4.78, 5) is 0. The van der Waals surface area contributed by atoms with Gasteiger partial charge in [-0.05, 0) is 23.7 Å². The molecule has 0 amide bonds. The fraction of sp³-hybridized carbons (Fsp3) is 1.00. The van der Waals surface area contributed by atoms with Gasteiger partial charge < -0.3 is 0 Å².